The molecule has 0 rings (SSSR count). The van der Waals surface area contributed by atoms with Crippen LogP contribution in [-0.4, -0.2) is 23.1 Å². The summed E-state index contributed by atoms with van der Waals surface area (Å²) in [6.07, 6.45) is -2.47. The normalized spacial score (nSPS) is 14.8. The van der Waals surface area contributed by atoms with E-state index in [1.54, 1.807) is 0 Å². The predicted octanol–water partition coefficient (Wildman–Crippen LogP) is -0.858. The Morgan fingerprint density at radius 1 is 1.80 bits per heavy atom. The molecule has 0 aliphatic rings. The Labute approximate surface area is 56.3 Å². The highest BCUT2D eigenvalue weighted by Crippen LogP contribution is 2.19. The van der Waals surface area contributed by atoms with Crippen molar-refractivity contribution in [1.29, 1.82) is 0 Å². The highest BCUT2D eigenvalue weighted by molar-refractivity contribution is 5.73. The molecule has 0 spiro atoms. The van der Waals surface area contributed by atoms with E-state index >= 15 is 0 Å². The fourth-order valence-electron chi connectivity index (χ4n) is 0.392. The van der Waals surface area contributed by atoms with Crippen LogP contribution in [0.15, 0.2) is 0 Å². The van der Waals surface area contributed by atoms with Gasteiger partial charge in [-0.1, -0.05) is 6.92 Å². The molecule has 1 unspecified atom stereocenters. The van der Waals surface area contributed by atoms with Crippen molar-refractivity contribution >= 4 is 5.97 Å². The van der Waals surface area contributed by atoms with Crippen molar-refractivity contribution in [3.05, 3.63) is 0 Å². The van der Waals surface area contributed by atoms with Crippen molar-refractivity contribution in [1.82, 2.24) is 0 Å². The summed E-state index contributed by atoms with van der Waals surface area (Å²) in [6, 6.07) is 0. The van der Waals surface area contributed by atoms with E-state index in [1.165, 1.54) is 6.92 Å². The lowest BCUT2D eigenvalue weighted by atomic mass is 10.1. The summed E-state index contributed by atoms with van der Waals surface area (Å²) in [6.45, 7) is 1.25. The number of alkyl halides is 2. The van der Waals surface area contributed by atoms with Gasteiger partial charge in [0.1, 0.15) is 12.1 Å². The second-order valence-electron chi connectivity index (χ2n) is 1.83. The number of halogens is 2. The summed E-state index contributed by atoms with van der Waals surface area (Å²) in [7, 11) is 0. The number of carbonyl (C=O) groups is 1. The topological polar surface area (TPSA) is 60.4 Å². The first-order chi connectivity index (χ1) is 4.42. The zero-order valence-electron chi connectivity index (χ0n) is 5.30. The molecule has 3 nitrogen and oxygen atoms in total. The minimum absolute atomic E-state index is 0.318. The Hall–Kier alpha value is -0.710. The lowest BCUT2D eigenvalue weighted by Gasteiger charge is -2.21. The molecular formula is C5H7F2O3-. The molecule has 0 saturated heterocycles. The van der Waals surface area contributed by atoms with E-state index in [4.69, 9.17) is 5.11 Å². The molecule has 0 heterocycles. The predicted molar refractivity (Wildman–Crippen MR) is 26.3 cm³/mol. The largest absolute Gasteiger partial charge is 0.544 e. The first-order valence-corrected chi connectivity index (χ1v) is 2.70. The minimum atomic E-state index is -4.13. The number of hydrogen-bond acceptors (Lipinski definition) is 3. The molecule has 0 aromatic carbocycles. The van der Waals surface area contributed by atoms with Crippen LogP contribution in [0.3, 0.4) is 0 Å². The highest BCUT2D eigenvalue weighted by Gasteiger charge is 2.38. The summed E-state index contributed by atoms with van der Waals surface area (Å²) >= 11 is 0. The fourth-order valence-corrected chi connectivity index (χ4v) is 0.392. The van der Waals surface area contributed by atoms with Crippen LogP contribution in [0.25, 0.3) is 0 Å². The fraction of sp³-hybridized carbons (Fsp3) is 0.800. The number of aliphatic hydroxyl groups is 1. The maximum Gasteiger partial charge on any atom is 0.312 e. The third-order valence-electron chi connectivity index (χ3n) is 1.08. The van der Waals surface area contributed by atoms with Crippen molar-refractivity contribution in [3.8, 4) is 0 Å². The molecule has 0 saturated carbocycles. The zero-order valence-corrected chi connectivity index (χ0v) is 5.30. The molecule has 0 aliphatic carbocycles. The van der Waals surface area contributed by atoms with Crippen LogP contribution in [0.4, 0.5) is 8.78 Å². The lowest BCUT2D eigenvalue weighted by molar-refractivity contribution is -0.336. The molecule has 1 atom stereocenters. The summed E-state index contributed by atoms with van der Waals surface area (Å²) in [4.78, 5) is 9.60. The van der Waals surface area contributed by atoms with Gasteiger partial charge < -0.3 is 15.0 Å². The molecule has 0 bridgehead atoms. The SMILES string of the molecule is CCC(O)C(F)(F)C(=O)[O-]. The molecule has 0 fully saturated rings. The molecule has 5 heteroatoms. The Kier molecular flexibility index (Phi) is 2.71. The Balaban J connectivity index is 4.23. The van der Waals surface area contributed by atoms with Crippen LogP contribution in [0.2, 0.25) is 0 Å². The standard InChI is InChI=1S/C5H8F2O3/c1-2-3(8)5(6,7)4(9)10/h3,8H,2H2,1H3,(H,9,10)/p-1. The smallest absolute Gasteiger partial charge is 0.312 e. The second kappa shape index (κ2) is 2.92. The molecule has 10 heavy (non-hydrogen) atoms. The van der Waals surface area contributed by atoms with E-state index in [0.29, 0.717) is 0 Å². The molecule has 0 aliphatic heterocycles. The van der Waals surface area contributed by atoms with Gasteiger partial charge in [0, 0.05) is 0 Å². The van der Waals surface area contributed by atoms with E-state index in [0.717, 1.165) is 0 Å². The van der Waals surface area contributed by atoms with Crippen LogP contribution in [0.5, 0.6) is 0 Å². The van der Waals surface area contributed by atoms with Gasteiger partial charge >= 0.3 is 5.92 Å². The van der Waals surface area contributed by atoms with Gasteiger partial charge in [-0.2, -0.15) is 8.78 Å². The molecular weight excluding hydrogens is 146 g/mol. The number of carbonyl (C=O) groups excluding carboxylic acids is 1. The maximum absolute atomic E-state index is 12.0. The van der Waals surface area contributed by atoms with Gasteiger partial charge in [-0.25, -0.2) is 0 Å². The average molecular weight is 153 g/mol. The van der Waals surface area contributed by atoms with Crippen molar-refractivity contribution < 1.29 is 23.8 Å². The van der Waals surface area contributed by atoms with Crippen molar-refractivity contribution in [2.45, 2.75) is 25.4 Å². The number of aliphatic carboxylic acids is 1. The molecule has 0 radical (unpaired) electrons. The van der Waals surface area contributed by atoms with Gasteiger partial charge in [-0.3, -0.25) is 0 Å². The number of carboxylic acids is 1. The van der Waals surface area contributed by atoms with Gasteiger partial charge in [0.2, 0.25) is 0 Å². The third kappa shape index (κ3) is 1.63. The van der Waals surface area contributed by atoms with Gasteiger partial charge in [0.05, 0.1) is 0 Å². The second-order valence-corrected chi connectivity index (χ2v) is 1.83. The number of hydrogen-bond donors (Lipinski definition) is 1. The Morgan fingerprint density at radius 2 is 2.20 bits per heavy atom. The number of carboxylic acid groups (broad SMARTS) is 1. The first-order valence-electron chi connectivity index (χ1n) is 2.70. The molecule has 0 amide bonds. The van der Waals surface area contributed by atoms with E-state index in [2.05, 4.69) is 0 Å². The summed E-state index contributed by atoms with van der Waals surface area (Å²) in [5.41, 5.74) is 0. The minimum Gasteiger partial charge on any atom is -0.544 e. The van der Waals surface area contributed by atoms with Crippen molar-refractivity contribution in [2.24, 2.45) is 0 Å². The number of rotatable bonds is 3. The Morgan fingerprint density at radius 3 is 2.30 bits per heavy atom. The van der Waals surface area contributed by atoms with Gasteiger partial charge in [-0.05, 0) is 6.42 Å². The van der Waals surface area contributed by atoms with Crippen LogP contribution >= 0.6 is 0 Å². The molecule has 0 aromatic rings. The van der Waals surface area contributed by atoms with Gasteiger partial charge in [-0.15, -0.1) is 0 Å². The summed E-state index contributed by atoms with van der Waals surface area (Å²) in [5, 5.41) is 18.0. The third-order valence-corrected chi connectivity index (χ3v) is 1.08. The van der Waals surface area contributed by atoms with Gasteiger partial charge in [0.15, 0.2) is 0 Å². The average Bonchev–Trinajstić information content (AvgIpc) is 1.86. The maximum atomic E-state index is 12.0. The van der Waals surface area contributed by atoms with Crippen molar-refractivity contribution in [2.75, 3.05) is 0 Å². The molecule has 1 N–H and O–H groups in total. The van der Waals surface area contributed by atoms with E-state index < -0.39 is 18.0 Å². The van der Waals surface area contributed by atoms with Crippen molar-refractivity contribution in [3.63, 3.8) is 0 Å². The Bertz CT molecular complexity index is 135. The van der Waals surface area contributed by atoms with E-state index in [9.17, 15) is 18.7 Å². The van der Waals surface area contributed by atoms with Gasteiger partial charge in [0.25, 0.3) is 0 Å². The number of aliphatic hydroxyl groups excluding tert-OH is 1. The quantitative estimate of drug-likeness (QED) is 0.574. The van der Waals surface area contributed by atoms with E-state index in [-0.39, 0.29) is 6.42 Å². The monoisotopic (exact) mass is 153 g/mol. The van der Waals surface area contributed by atoms with Crippen LogP contribution in [0.1, 0.15) is 13.3 Å². The van der Waals surface area contributed by atoms with Crippen LogP contribution < -0.4 is 5.11 Å². The summed E-state index contributed by atoms with van der Waals surface area (Å²) in [5.74, 6) is -6.67. The highest BCUT2D eigenvalue weighted by atomic mass is 19.3. The summed E-state index contributed by atoms with van der Waals surface area (Å²) < 4.78 is 24.1. The first kappa shape index (κ1) is 9.29. The zero-order chi connectivity index (χ0) is 8.36. The molecule has 0 aromatic heterocycles. The van der Waals surface area contributed by atoms with Crippen LogP contribution in [-0.2, 0) is 4.79 Å². The van der Waals surface area contributed by atoms with Crippen LogP contribution in [0, 0.1) is 0 Å². The molecule has 60 valence electrons. The van der Waals surface area contributed by atoms with E-state index in [1.807, 2.05) is 0 Å². The lowest BCUT2D eigenvalue weighted by Crippen LogP contribution is -2.49.